The highest BCUT2D eigenvalue weighted by molar-refractivity contribution is 7.09. The first-order valence-electron chi connectivity index (χ1n) is 7.78. The zero-order chi connectivity index (χ0) is 17.1. The lowest BCUT2D eigenvalue weighted by Crippen LogP contribution is -2.23. The molecule has 1 aromatic carbocycles. The second-order valence-electron chi connectivity index (χ2n) is 6.09. The van der Waals surface area contributed by atoms with E-state index in [1.807, 2.05) is 24.4 Å². The maximum absolute atomic E-state index is 11.2. The van der Waals surface area contributed by atoms with E-state index in [9.17, 15) is 9.90 Å². The normalized spacial score (nSPS) is 21.1. The SMILES string of the molecule is C[C@@H]1CN(Cc2csc(COc3ccc(Cl)cc3)n2)C[C@H]1C(=O)O. The molecule has 0 spiro atoms. The monoisotopic (exact) mass is 366 g/mol. The molecule has 0 radical (unpaired) electrons. The van der Waals surface area contributed by atoms with Crippen molar-refractivity contribution in [1.29, 1.82) is 0 Å². The molecule has 0 amide bonds. The lowest BCUT2D eigenvalue weighted by molar-refractivity contribution is -0.142. The van der Waals surface area contributed by atoms with Gasteiger partial charge in [-0.2, -0.15) is 0 Å². The van der Waals surface area contributed by atoms with Crippen LogP contribution in [0.2, 0.25) is 5.02 Å². The number of aromatic nitrogens is 1. The number of nitrogens with zero attached hydrogens (tertiary/aromatic N) is 2. The first-order chi connectivity index (χ1) is 11.5. The fourth-order valence-corrected chi connectivity index (χ4v) is 3.73. The van der Waals surface area contributed by atoms with Crippen LogP contribution in [0, 0.1) is 11.8 Å². The smallest absolute Gasteiger partial charge is 0.308 e. The number of halogens is 1. The summed E-state index contributed by atoms with van der Waals surface area (Å²) in [5.74, 6) is -0.0562. The van der Waals surface area contributed by atoms with Gasteiger partial charge in [-0.1, -0.05) is 18.5 Å². The van der Waals surface area contributed by atoms with Crippen LogP contribution in [-0.2, 0) is 17.9 Å². The molecule has 7 heteroatoms. The molecule has 1 saturated heterocycles. The van der Waals surface area contributed by atoms with Gasteiger partial charge in [0.1, 0.15) is 17.4 Å². The molecular formula is C17H19ClN2O3S. The molecule has 1 N–H and O–H groups in total. The van der Waals surface area contributed by atoms with Gasteiger partial charge in [-0.3, -0.25) is 9.69 Å². The third-order valence-corrected chi connectivity index (χ3v) is 5.29. The van der Waals surface area contributed by atoms with Crippen LogP contribution in [0.1, 0.15) is 17.6 Å². The fraction of sp³-hybridized carbons (Fsp3) is 0.412. The fourth-order valence-electron chi connectivity index (χ4n) is 2.91. The zero-order valence-corrected chi connectivity index (χ0v) is 14.9. The number of hydrogen-bond acceptors (Lipinski definition) is 5. The molecule has 5 nitrogen and oxygen atoms in total. The molecule has 0 aliphatic carbocycles. The average molecular weight is 367 g/mol. The molecule has 3 rings (SSSR count). The number of carboxylic acids is 1. The highest BCUT2D eigenvalue weighted by atomic mass is 35.5. The zero-order valence-electron chi connectivity index (χ0n) is 13.3. The van der Waals surface area contributed by atoms with Gasteiger partial charge in [0.2, 0.25) is 0 Å². The number of ether oxygens (including phenoxy) is 1. The van der Waals surface area contributed by atoms with E-state index < -0.39 is 5.97 Å². The van der Waals surface area contributed by atoms with Crippen molar-refractivity contribution < 1.29 is 14.6 Å². The standard InChI is InChI=1S/C17H19ClN2O3S/c1-11-6-20(8-15(11)17(21)22)7-13-10-24-16(19-13)9-23-14-4-2-12(18)3-5-14/h2-5,10-11,15H,6-9H2,1H3,(H,21,22)/t11-,15-/m1/s1. The first kappa shape index (κ1) is 17.2. The van der Waals surface area contributed by atoms with Crippen LogP contribution in [0.3, 0.4) is 0 Å². The largest absolute Gasteiger partial charge is 0.486 e. The lowest BCUT2D eigenvalue weighted by atomic mass is 9.99. The van der Waals surface area contributed by atoms with Crippen molar-refractivity contribution in [2.75, 3.05) is 13.1 Å². The van der Waals surface area contributed by atoms with E-state index >= 15 is 0 Å². The van der Waals surface area contributed by atoms with E-state index in [0.29, 0.717) is 24.7 Å². The van der Waals surface area contributed by atoms with E-state index in [1.54, 1.807) is 23.5 Å². The number of aliphatic carboxylic acids is 1. The minimum atomic E-state index is -0.708. The van der Waals surface area contributed by atoms with Crippen molar-refractivity contribution in [3.05, 3.63) is 45.4 Å². The second kappa shape index (κ2) is 7.51. The van der Waals surface area contributed by atoms with Gasteiger partial charge in [-0.25, -0.2) is 4.98 Å². The maximum atomic E-state index is 11.2. The van der Waals surface area contributed by atoms with Crippen molar-refractivity contribution >= 4 is 28.9 Å². The molecule has 0 saturated carbocycles. The first-order valence-corrected chi connectivity index (χ1v) is 9.04. The van der Waals surface area contributed by atoms with Gasteiger partial charge in [-0.15, -0.1) is 11.3 Å². The van der Waals surface area contributed by atoms with Crippen LogP contribution in [0.25, 0.3) is 0 Å². The van der Waals surface area contributed by atoms with Crippen molar-refractivity contribution in [1.82, 2.24) is 9.88 Å². The van der Waals surface area contributed by atoms with Gasteiger partial charge in [0.15, 0.2) is 0 Å². The second-order valence-corrected chi connectivity index (χ2v) is 7.47. The van der Waals surface area contributed by atoms with Crippen LogP contribution < -0.4 is 4.74 Å². The van der Waals surface area contributed by atoms with Crippen molar-refractivity contribution in [3.63, 3.8) is 0 Å². The molecule has 2 atom stereocenters. The average Bonchev–Trinajstić information content (AvgIpc) is 3.13. The van der Waals surface area contributed by atoms with Gasteiger partial charge in [0.05, 0.1) is 11.6 Å². The summed E-state index contributed by atoms with van der Waals surface area (Å²) in [4.78, 5) is 17.9. The lowest BCUT2D eigenvalue weighted by Gasteiger charge is -2.13. The van der Waals surface area contributed by atoms with Crippen molar-refractivity contribution in [2.45, 2.75) is 20.1 Å². The Labute approximate surface area is 149 Å². The maximum Gasteiger partial charge on any atom is 0.308 e. The summed E-state index contributed by atoms with van der Waals surface area (Å²) in [7, 11) is 0. The Morgan fingerprint density at radius 1 is 1.42 bits per heavy atom. The number of rotatable bonds is 6. The van der Waals surface area contributed by atoms with Crippen LogP contribution >= 0.6 is 22.9 Å². The Bertz CT molecular complexity index is 704. The molecule has 1 aliphatic rings. The summed E-state index contributed by atoms with van der Waals surface area (Å²) in [6, 6.07) is 7.23. The van der Waals surface area contributed by atoms with Gasteiger partial charge >= 0.3 is 5.97 Å². The van der Waals surface area contributed by atoms with Crippen LogP contribution in [0.5, 0.6) is 5.75 Å². The molecular weight excluding hydrogens is 348 g/mol. The number of thiazole rings is 1. The molecule has 2 aromatic rings. The van der Waals surface area contributed by atoms with Crippen molar-refractivity contribution in [2.24, 2.45) is 11.8 Å². The third kappa shape index (κ3) is 4.26. The van der Waals surface area contributed by atoms with E-state index in [1.165, 1.54) is 0 Å². The highest BCUT2D eigenvalue weighted by Crippen LogP contribution is 2.25. The molecule has 0 unspecified atom stereocenters. The number of likely N-dealkylation sites (tertiary alicyclic amines) is 1. The van der Waals surface area contributed by atoms with Gasteiger partial charge < -0.3 is 9.84 Å². The Morgan fingerprint density at radius 3 is 2.83 bits per heavy atom. The van der Waals surface area contributed by atoms with E-state index in [2.05, 4.69) is 9.88 Å². The minimum absolute atomic E-state index is 0.175. The molecule has 128 valence electrons. The summed E-state index contributed by atoms with van der Waals surface area (Å²) >= 11 is 7.40. The summed E-state index contributed by atoms with van der Waals surface area (Å²) in [5.41, 5.74) is 0.966. The van der Waals surface area contributed by atoms with Gasteiger partial charge in [0.25, 0.3) is 0 Å². The van der Waals surface area contributed by atoms with Crippen molar-refractivity contribution in [3.8, 4) is 5.75 Å². The number of carbonyl (C=O) groups is 1. The molecule has 24 heavy (non-hydrogen) atoms. The molecule has 1 fully saturated rings. The number of hydrogen-bond donors (Lipinski definition) is 1. The molecule has 1 aliphatic heterocycles. The topological polar surface area (TPSA) is 62.7 Å². The van der Waals surface area contributed by atoms with Crippen LogP contribution in [0.15, 0.2) is 29.6 Å². The molecule has 1 aromatic heterocycles. The summed E-state index contributed by atoms with van der Waals surface area (Å²) in [6.45, 7) is 4.48. The van der Waals surface area contributed by atoms with E-state index in [0.717, 1.165) is 23.0 Å². The Morgan fingerprint density at radius 2 is 2.17 bits per heavy atom. The quantitative estimate of drug-likeness (QED) is 0.847. The van der Waals surface area contributed by atoms with Crippen LogP contribution in [-0.4, -0.2) is 34.0 Å². The highest BCUT2D eigenvalue weighted by Gasteiger charge is 2.34. The summed E-state index contributed by atoms with van der Waals surface area (Å²) < 4.78 is 5.69. The van der Waals surface area contributed by atoms with Crippen LogP contribution in [0.4, 0.5) is 0 Å². The third-order valence-electron chi connectivity index (χ3n) is 4.17. The summed E-state index contributed by atoms with van der Waals surface area (Å²) in [5, 5.41) is 12.8. The van der Waals surface area contributed by atoms with E-state index in [-0.39, 0.29) is 11.8 Å². The van der Waals surface area contributed by atoms with Gasteiger partial charge in [-0.05, 0) is 30.2 Å². The Balaban J connectivity index is 1.52. The van der Waals surface area contributed by atoms with Gasteiger partial charge in [0, 0.05) is 30.0 Å². The summed E-state index contributed by atoms with van der Waals surface area (Å²) in [6.07, 6.45) is 0. The molecule has 2 heterocycles. The Hall–Kier alpha value is -1.63. The number of benzene rings is 1. The number of carboxylic acid groups (broad SMARTS) is 1. The predicted octanol–water partition coefficient (Wildman–Crippen LogP) is 3.53. The minimum Gasteiger partial charge on any atom is -0.486 e. The Kier molecular flexibility index (Phi) is 5.38. The predicted molar refractivity (Wildman–Crippen MR) is 93.5 cm³/mol. The van der Waals surface area contributed by atoms with E-state index in [4.69, 9.17) is 16.3 Å². The molecule has 0 bridgehead atoms.